The Bertz CT molecular complexity index is 347. The number of amides is 1. The molecule has 2 rings (SSSR count). The van der Waals surface area contributed by atoms with Crippen LogP contribution in [0.5, 0.6) is 0 Å². The summed E-state index contributed by atoms with van der Waals surface area (Å²) in [7, 11) is 0. The third kappa shape index (κ3) is 2.05. The second-order valence-electron chi connectivity index (χ2n) is 6.50. The van der Waals surface area contributed by atoms with Gasteiger partial charge in [-0.2, -0.15) is 0 Å². The first-order chi connectivity index (χ1) is 8.34. The van der Waals surface area contributed by atoms with Crippen LogP contribution in [0.1, 0.15) is 47.0 Å². The van der Waals surface area contributed by atoms with Crippen LogP contribution in [0.4, 0.5) is 0 Å². The van der Waals surface area contributed by atoms with Gasteiger partial charge in [0.05, 0.1) is 18.1 Å². The van der Waals surface area contributed by atoms with Gasteiger partial charge in [0.1, 0.15) is 5.72 Å². The van der Waals surface area contributed by atoms with Gasteiger partial charge in [0, 0.05) is 12.3 Å². The molecular weight excluding hydrogens is 250 g/mol. The lowest BCUT2D eigenvalue weighted by molar-refractivity contribution is -0.142. The maximum atomic E-state index is 12.7. The summed E-state index contributed by atoms with van der Waals surface area (Å²) in [5, 5.41) is 0. The molecule has 3 nitrogen and oxygen atoms in total. The van der Waals surface area contributed by atoms with Gasteiger partial charge in [-0.1, -0.05) is 20.8 Å². The fraction of sp³-hybridized carbons (Fsp3) is 0.929. The Morgan fingerprint density at radius 2 is 2.17 bits per heavy atom. The molecule has 0 bridgehead atoms. The van der Waals surface area contributed by atoms with E-state index in [0.29, 0.717) is 18.4 Å². The monoisotopic (exact) mass is 273 g/mol. The lowest BCUT2D eigenvalue weighted by atomic mass is 9.82. The molecule has 4 heteroatoms. The first-order valence-corrected chi connectivity index (χ1v) is 7.41. The van der Waals surface area contributed by atoms with Crippen LogP contribution in [0.2, 0.25) is 0 Å². The Morgan fingerprint density at radius 1 is 1.50 bits per heavy atom. The van der Waals surface area contributed by atoms with E-state index in [1.807, 2.05) is 4.90 Å². The molecule has 0 aromatic rings. The zero-order valence-electron chi connectivity index (χ0n) is 11.8. The lowest BCUT2D eigenvalue weighted by Gasteiger charge is -2.31. The minimum Gasteiger partial charge on any atom is -0.354 e. The van der Waals surface area contributed by atoms with Gasteiger partial charge in [-0.15, -0.1) is 11.6 Å². The molecule has 2 fully saturated rings. The Morgan fingerprint density at radius 3 is 2.72 bits per heavy atom. The molecule has 18 heavy (non-hydrogen) atoms. The third-order valence-electron chi connectivity index (χ3n) is 4.49. The molecule has 3 atom stereocenters. The third-order valence-corrected chi connectivity index (χ3v) is 4.76. The highest BCUT2D eigenvalue weighted by atomic mass is 35.5. The highest BCUT2D eigenvalue weighted by Crippen LogP contribution is 2.50. The van der Waals surface area contributed by atoms with Crippen molar-refractivity contribution in [3.05, 3.63) is 0 Å². The molecule has 0 aromatic carbocycles. The molecule has 0 radical (unpaired) electrons. The van der Waals surface area contributed by atoms with Gasteiger partial charge in [-0.25, -0.2) is 0 Å². The van der Waals surface area contributed by atoms with Crippen molar-refractivity contribution in [2.24, 2.45) is 11.3 Å². The number of fused-ring (bicyclic) bond motifs is 1. The van der Waals surface area contributed by atoms with Crippen molar-refractivity contribution in [1.82, 2.24) is 4.90 Å². The van der Waals surface area contributed by atoms with Gasteiger partial charge >= 0.3 is 0 Å². The second kappa shape index (κ2) is 4.68. The van der Waals surface area contributed by atoms with Crippen LogP contribution in [0, 0.1) is 11.3 Å². The van der Waals surface area contributed by atoms with E-state index in [4.69, 9.17) is 16.3 Å². The standard InChI is InChI=1S/C14H24ClNO2/c1-10(2)11-8-18-14(4)9-13(3,6-5-7-15)12(17)16(11)14/h10-11H,5-9H2,1-4H3/t11-,13?,14-/m1/s1. The molecule has 0 saturated carbocycles. The van der Waals surface area contributed by atoms with Gasteiger partial charge in [-0.3, -0.25) is 4.79 Å². The van der Waals surface area contributed by atoms with Crippen molar-refractivity contribution in [2.45, 2.75) is 58.7 Å². The molecule has 0 aliphatic carbocycles. The van der Waals surface area contributed by atoms with Crippen molar-refractivity contribution >= 4 is 17.5 Å². The Balaban J connectivity index is 2.22. The fourth-order valence-corrected chi connectivity index (χ4v) is 3.63. The minimum absolute atomic E-state index is 0.223. The molecule has 2 heterocycles. The van der Waals surface area contributed by atoms with Crippen molar-refractivity contribution in [1.29, 1.82) is 0 Å². The summed E-state index contributed by atoms with van der Waals surface area (Å²) >= 11 is 5.77. The van der Waals surface area contributed by atoms with E-state index in [1.54, 1.807) is 0 Å². The number of carbonyl (C=O) groups is 1. The van der Waals surface area contributed by atoms with Gasteiger partial charge in [0.15, 0.2) is 0 Å². The van der Waals surface area contributed by atoms with Crippen LogP contribution in [0.15, 0.2) is 0 Å². The fourth-order valence-electron chi connectivity index (χ4n) is 3.49. The van der Waals surface area contributed by atoms with Crippen molar-refractivity contribution in [3.63, 3.8) is 0 Å². The zero-order chi connectivity index (χ0) is 13.6. The topological polar surface area (TPSA) is 29.5 Å². The van der Waals surface area contributed by atoms with Crippen LogP contribution < -0.4 is 0 Å². The molecule has 1 amide bonds. The minimum atomic E-state index is -0.396. The molecule has 2 aliphatic heterocycles. The number of ether oxygens (including phenoxy) is 1. The summed E-state index contributed by atoms with van der Waals surface area (Å²) in [5.41, 5.74) is -0.690. The lowest BCUT2D eigenvalue weighted by Crippen LogP contribution is -2.46. The van der Waals surface area contributed by atoms with Gasteiger partial charge in [0.25, 0.3) is 0 Å². The van der Waals surface area contributed by atoms with Crippen LogP contribution in [0.25, 0.3) is 0 Å². The van der Waals surface area contributed by atoms with Crippen molar-refractivity contribution < 1.29 is 9.53 Å². The average molecular weight is 274 g/mol. The number of carbonyl (C=O) groups excluding carboxylic acids is 1. The SMILES string of the molecule is CC(C)[C@H]1CO[C@]2(C)CC(C)(CCCCl)C(=O)N12. The van der Waals surface area contributed by atoms with Crippen molar-refractivity contribution in [2.75, 3.05) is 12.5 Å². The molecular formula is C14H24ClNO2. The molecule has 0 N–H and O–H groups in total. The highest BCUT2D eigenvalue weighted by Gasteiger charge is 2.60. The van der Waals surface area contributed by atoms with Crippen molar-refractivity contribution in [3.8, 4) is 0 Å². The summed E-state index contributed by atoms with van der Waals surface area (Å²) in [6.45, 7) is 9.10. The average Bonchev–Trinajstić information content (AvgIpc) is 2.70. The van der Waals surface area contributed by atoms with Crippen LogP contribution in [-0.4, -0.2) is 35.1 Å². The Labute approximate surface area is 115 Å². The van der Waals surface area contributed by atoms with E-state index in [0.717, 1.165) is 19.3 Å². The maximum absolute atomic E-state index is 12.7. The Hall–Kier alpha value is -0.280. The first-order valence-electron chi connectivity index (χ1n) is 6.88. The molecule has 2 aliphatic rings. The molecule has 2 saturated heterocycles. The molecule has 104 valence electrons. The normalized spacial score (nSPS) is 39.8. The highest BCUT2D eigenvalue weighted by molar-refractivity contribution is 6.17. The van der Waals surface area contributed by atoms with E-state index in [-0.39, 0.29) is 17.4 Å². The number of hydrogen-bond acceptors (Lipinski definition) is 2. The summed E-state index contributed by atoms with van der Waals surface area (Å²) in [6.07, 6.45) is 2.54. The maximum Gasteiger partial charge on any atom is 0.231 e. The van der Waals surface area contributed by atoms with Crippen LogP contribution in [0.3, 0.4) is 0 Å². The van der Waals surface area contributed by atoms with E-state index >= 15 is 0 Å². The molecule has 0 spiro atoms. The largest absolute Gasteiger partial charge is 0.354 e. The van der Waals surface area contributed by atoms with Gasteiger partial charge < -0.3 is 9.64 Å². The summed E-state index contributed by atoms with van der Waals surface area (Å²) in [6, 6.07) is 0.223. The second-order valence-corrected chi connectivity index (χ2v) is 6.88. The van der Waals surface area contributed by atoms with E-state index in [1.165, 1.54) is 0 Å². The summed E-state index contributed by atoms with van der Waals surface area (Å²) in [5.74, 6) is 1.31. The molecule has 1 unspecified atom stereocenters. The molecule has 0 aromatic heterocycles. The van der Waals surface area contributed by atoms with Gasteiger partial charge in [0.2, 0.25) is 5.91 Å². The van der Waals surface area contributed by atoms with E-state index in [2.05, 4.69) is 27.7 Å². The predicted octanol–water partition coefficient (Wildman–Crippen LogP) is 3.02. The summed E-state index contributed by atoms with van der Waals surface area (Å²) < 4.78 is 5.96. The quantitative estimate of drug-likeness (QED) is 0.737. The summed E-state index contributed by atoms with van der Waals surface area (Å²) in [4.78, 5) is 14.7. The predicted molar refractivity (Wildman–Crippen MR) is 72.5 cm³/mol. The number of alkyl halides is 1. The van der Waals surface area contributed by atoms with E-state index in [9.17, 15) is 4.79 Å². The zero-order valence-corrected chi connectivity index (χ0v) is 12.6. The number of rotatable bonds is 4. The van der Waals surface area contributed by atoms with Gasteiger partial charge in [-0.05, 0) is 25.7 Å². The van der Waals surface area contributed by atoms with Crippen LogP contribution >= 0.6 is 11.6 Å². The van der Waals surface area contributed by atoms with Crippen LogP contribution in [-0.2, 0) is 9.53 Å². The van der Waals surface area contributed by atoms with E-state index < -0.39 is 5.72 Å². The number of hydrogen-bond donors (Lipinski definition) is 0. The first kappa shape index (κ1) is 14.1. The smallest absolute Gasteiger partial charge is 0.231 e. The Kier molecular flexibility index (Phi) is 3.67. The number of nitrogens with zero attached hydrogens (tertiary/aromatic N) is 1. The number of halogens is 1.